The Hall–Kier alpha value is -2.89. The number of aromatic nitrogens is 2. The first-order valence-corrected chi connectivity index (χ1v) is 10.3. The fourth-order valence-corrected chi connectivity index (χ4v) is 4.16. The fourth-order valence-electron chi connectivity index (χ4n) is 3.84. The summed E-state index contributed by atoms with van der Waals surface area (Å²) in [7, 11) is 0. The Balaban J connectivity index is 1.42. The normalized spacial score (nSPS) is 15.1. The quantitative estimate of drug-likeness (QED) is 0.619. The maximum Gasteiger partial charge on any atom is 0.251 e. The maximum atomic E-state index is 12.7. The number of hydrogen-bond donors (Lipinski definition) is 0. The summed E-state index contributed by atoms with van der Waals surface area (Å²) in [6, 6.07) is 11.0. The van der Waals surface area contributed by atoms with Gasteiger partial charge in [-0.1, -0.05) is 35.3 Å². The van der Waals surface area contributed by atoms with Crippen molar-refractivity contribution in [3.05, 3.63) is 97.7 Å². The molecular formula is C23H17Cl2N3O2. The molecule has 0 spiro atoms. The molecule has 1 aliphatic heterocycles. The van der Waals surface area contributed by atoms with E-state index in [1.807, 2.05) is 23.2 Å². The molecule has 5 rings (SSSR count). The number of rotatable bonds is 4. The van der Waals surface area contributed by atoms with E-state index >= 15 is 0 Å². The van der Waals surface area contributed by atoms with Crippen molar-refractivity contribution in [2.24, 2.45) is 0 Å². The Morgan fingerprint density at radius 1 is 1.00 bits per heavy atom. The second-order valence-corrected chi connectivity index (χ2v) is 8.35. The highest BCUT2D eigenvalue weighted by Gasteiger charge is 2.26. The van der Waals surface area contributed by atoms with Crippen LogP contribution in [-0.2, 0) is 17.8 Å². The van der Waals surface area contributed by atoms with E-state index in [9.17, 15) is 9.59 Å². The zero-order valence-electron chi connectivity index (χ0n) is 15.9. The summed E-state index contributed by atoms with van der Waals surface area (Å²) in [5.41, 5.74) is 5.63. The number of nitrogens with zero attached hydrogens (tertiary/aromatic N) is 3. The zero-order chi connectivity index (χ0) is 20.8. The number of ketones is 1. The van der Waals surface area contributed by atoms with Crippen LogP contribution in [0.1, 0.15) is 22.4 Å². The second kappa shape index (κ2) is 7.42. The van der Waals surface area contributed by atoms with Crippen LogP contribution in [0, 0.1) is 0 Å². The molecule has 0 radical (unpaired) electrons. The van der Waals surface area contributed by atoms with Crippen LogP contribution in [0.15, 0.2) is 59.7 Å². The first-order chi connectivity index (χ1) is 14.5. The van der Waals surface area contributed by atoms with Gasteiger partial charge in [0, 0.05) is 24.2 Å². The second-order valence-electron chi connectivity index (χ2n) is 7.53. The van der Waals surface area contributed by atoms with Crippen LogP contribution >= 0.6 is 23.2 Å². The third kappa shape index (κ3) is 3.44. The van der Waals surface area contributed by atoms with Crippen LogP contribution in [0.2, 0.25) is 10.0 Å². The van der Waals surface area contributed by atoms with Gasteiger partial charge in [-0.2, -0.15) is 0 Å². The zero-order valence-corrected chi connectivity index (χ0v) is 17.5. The number of carbonyl (C=O) groups excluding carboxylic acids is 1. The number of pyridine rings is 2. The average Bonchev–Trinajstić information content (AvgIpc) is 3.13. The Morgan fingerprint density at radius 3 is 2.57 bits per heavy atom. The van der Waals surface area contributed by atoms with Crippen LogP contribution in [0.25, 0.3) is 5.57 Å². The summed E-state index contributed by atoms with van der Waals surface area (Å²) in [4.78, 5) is 30.6. The van der Waals surface area contributed by atoms with Gasteiger partial charge in [0.05, 0.1) is 47.3 Å². The summed E-state index contributed by atoms with van der Waals surface area (Å²) >= 11 is 12.1. The Labute approximate surface area is 183 Å². The maximum absolute atomic E-state index is 12.7. The van der Waals surface area contributed by atoms with Crippen molar-refractivity contribution < 1.29 is 4.79 Å². The van der Waals surface area contributed by atoms with Crippen LogP contribution in [-0.4, -0.2) is 28.4 Å². The van der Waals surface area contributed by atoms with E-state index in [2.05, 4.69) is 17.1 Å². The predicted octanol–water partition coefficient (Wildman–Crippen LogP) is 3.98. The van der Waals surface area contributed by atoms with Gasteiger partial charge in [-0.3, -0.25) is 14.6 Å². The number of Topliss-reactive ketones (excluding diaryl/α,β-unsaturated/α-hetero) is 1. The third-order valence-corrected chi connectivity index (χ3v) is 6.23. The first-order valence-electron chi connectivity index (χ1n) is 9.59. The van der Waals surface area contributed by atoms with Crippen molar-refractivity contribution in [2.75, 3.05) is 18.0 Å². The number of allylic oxidation sites excluding steroid dienone is 1. The minimum absolute atomic E-state index is 0.0922. The molecular weight excluding hydrogens is 421 g/mol. The molecule has 5 nitrogen and oxygen atoms in total. The molecule has 1 fully saturated rings. The van der Waals surface area contributed by atoms with Gasteiger partial charge in [-0.05, 0) is 41.0 Å². The first kappa shape index (κ1) is 19.1. The fraction of sp³-hybridized carbons (Fsp3) is 0.174. The predicted molar refractivity (Wildman–Crippen MR) is 119 cm³/mol. The Kier molecular flexibility index (Phi) is 4.72. The van der Waals surface area contributed by atoms with Crippen molar-refractivity contribution in [3.8, 4) is 0 Å². The van der Waals surface area contributed by atoms with E-state index in [4.69, 9.17) is 23.2 Å². The molecule has 0 amide bonds. The van der Waals surface area contributed by atoms with Crippen molar-refractivity contribution in [1.29, 1.82) is 0 Å². The molecule has 0 saturated carbocycles. The van der Waals surface area contributed by atoms with Gasteiger partial charge in [0.15, 0.2) is 5.78 Å². The highest BCUT2D eigenvalue weighted by molar-refractivity contribution is 6.42. The lowest BCUT2D eigenvalue weighted by Gasteiger charge is -2.31. The van der Waals surface area contributed by atoms with Crippen LogP contribution in [0.5, 0.6) is 0 Å². The van der Waals surface area contributed by atoms with Gasteiger partial charge in [-0.15, -0.1) is 0 Å². The molecule has 2 aliphatic rings. The molecule has 1 saturated heterocycles. The SMILES string of the molecule is O=C1CN(c2cnc3c(c2)C(c2ccn(Cc4ccc(Cl)c(Cl)c4)c(=O)c2)=CC3)C1. The Morgan fingerprint density at radius 2 is 1.83 bits per heavy atom. The topological polar surface area (TPSA) is 55.2 Å². The molecule has 2 aromatic heterocycles. The van der Waals surface area contributed by atoms with Gasteiger partial charge >= 0.3 is 0 Å². The molecule has 0 unspecified atom stereocenters. The monoisotopic (exact) mass is 437 g/mol. The molecule has 30 heavy (non-hydrogen) atoms. The number of fused-ring (bicyclic) bond motifs is 1. The molecule has 3 heterocycles. The van der Waals surface area contributed by atoms with Crippen LogP contribution in [0.4, 0.5) is 5.69 Å². The highest BCUT2D eigenvalue weighted by atomic mass is 35.5. The number of halogens is 2. The largest absolute Gasteiger partial charge is 0.355 e. The third-order valence-electron chi connectivity index (χ3n) is 5.49. The smallest absolute Gasteiger partial charge is 0.251 e. The molecule has 0 N–H and O–H groups in total. The molecule has 3 aromatic rings. The lowest BCUT2D eigenvalue weighted by Crippen LogP contribution is -2.47. The van der Waals surface area contributed by atoms with E-state index in [-0.39, 0.29) is 11.3 Å². The van der Waals surface area contributed by atoms with Crippen LogP contribution in [0.3, 0.4) is 0 Å². The molecule has 150 valence electrons. The lowest BCUT2D eigenvalue weighted by molar-refractivity contribution is -0.119. The number of hydrogen-bond acceptors (Lipinski definition) is 4. The number of carbonyl (C=O) groups is 1. The minimum Gasteiger partial charge on any atom is -0.355 e. The molecule has 7 heteroatoms. The summed E-state index contributed by atoms with van der Waals surface area (Å²) in [6.07, 6.45) is 6.44. The van der Waals surface area contributed by atoms with Gasteiger partial charge in [0.25, 0.3) is 5.56 Å². The standard InChI is InChI=1S/C23H17Cl2N3O2/c24-20-3-1-14(7-21(20)25)11-27-6-5-15(8-23(27)30)18-2-4-22-19(18)9-16(10-26-22)28-12-17(29)13-28/h1-3,5-10H,4,11-13H2. The van der Waals surface area contributed by atoms with Gasteiger partial charge in [-0.25, -0.2) is 0 Å². The molecule has 1 aromatic carbocycles. The minimum atomic E-state index is -0.0922. The van der Waals surface area contributed by atoms with E-state index in [0.717, 1.165) is 40.1 Å². The number of benzene rings is 1. The molecule has 1 aliphatic carbocycles. The van der Waals surface area contributed by atoms with Gasteiger partial charge in [0.2, 0.25) is 0 Å². The van der Waals surface area contributed by atoms with E-state index < -0.39 is 0 Å². The number of anilines is 1. The van der Waals surface area contributed by atoms with Crippen LogP contribution < -0.4 is 10.5 Å². The molecule has 0 bridgehead atoms. The van der Waals surface area contributed by atoms with E-state index in [0.29, 0.717) is 29.7 Å². The summed E-state index contributed by atoms with van der Waals surface area (Å²) in [5, 5.41) is 0.962. The molecule has 0 atom stereocenters. The van der Waals surface area contributed by atoms with Crippen molar-refractivity contribution in [2.45, 2.75) is 13.0 Å². The van der Waals surface area contributed by atoms with Crippen molar-refractivity contribution in [1.82, 2.24) is 9.55 Å². The average molecular weight is 438 g/mol. The summed E-state index contributed by atoms with van der Waals surface area (Å²) in [5.74, 6) is 0.233. The van der Waals surface area contributed by atoms with Crippen molar-refractivity contribution >= 4 is 40.2 Å². The van der Waals surface area contributed by atoms with E-state index in [1.54, 1.807) is 29.0 Å². The highest BCUT2D eigenvalue weighted by Crippen LogP contribution is 2.34. The Bertz CT molecular complexity index is 1270. The lowest BCUT2D eigenvalue weighted by atomic mass is 10.0. The summed E-state index contributed by atoms with van der Waals surface area (Å²) in [6.45, 7) is 1.29. The van der Waals surface area contributed by atoms with Crippen molar-refractivity contribution in [3.63, 3.8) is 0 Å². The summed E-state index contributed by atoms with van der Waals surface area (Å²) < 4.78 is 1.64. The van der Waals surface area contributed by atoms with Gasteiger partial charge in [0.1, 0.15) is 0 Å². The van der Waals surface area contributed by atoms with Gasteiger partial charge < -0.3 is 9.47 Å². The van der Waals surface area contributed by atoms with E-state index in [1.165, 1.54) is 0 Å².